The molecule has 0 aliphatic rings. The average molecular weight is 445 g/mol. The van der Waals surface area contributed by atoms with Crippen LogP contribution >= 0.6 is 11.6 Å². The first kappa shape index (κ1) is 22.2. The molecule has 9 heteroatoms. The summed E-state index contributed by atoms with van der Waals surface area (Å²) in [6.07, 6.45) is 1.97. The van der Waals surface area contributed by atoms with Crippen LogP contribution < -0.4 is 14.8 Å². The molecule has 0 aliphatic heterocycles. The molecule has 0 saturated carbocycles. The molecule has 0 spiro atoms. The van der Waals surface area contributed by atoms with E-state index in [0.717, 1.165) is 5.56 Å². The van der Waals surface area contributed by atoms with Gasteiger partial charge in [-0.05, 0) is 24.3 Å². The quantitative estimate of drug-likeness (QED) is 0.515. The monoisotopic (exact) mass is 444 g/mol. The Morgan fingerprint density at radius 2 is 1.74 bits per heavy atom. The highest BCUT2D eigenvalue weighted by atomic mass is 35.5. The van der Waals surface area contributed by atoms with Gasteiger partial charge >= 0.3 is 5.97 Å². The molecule has 1 amide bonds. The van der Waals surface area contributed by atoms with E-state index in [4.69, 9.17) is 30.2 Å². The molecule has 31 heavy (non-hydrogen) atoms. The zero-order valence-corrected chi connectivity index (χ0v) is 18.0. The summed E-state index contributed by atoms with van der Waals surface area (Å²) in [7, 11) is 4.17. The highest BCUT2D eigenvalue weighted by Gasteiger charge is 2.19. The molecule has 0 unspecified atom stereocenters. The van der Waals surface area contributed by atoms with E-state index in [9.17, 15) is 9.59 Å². The van der Waals surface area contributed by atoms with E-state index in [-0.39, 0.29) is 30.0 Å². The topological polar surface area (TPSA) is 99.9 Å². The minimum atomic E-state index is -0.614. The van der Waals surface area contributed by atoms with E-state index in [1.807, 2.05) is 12.1 Å². The summed E-state index contributed by atoms with van der Waals surface area (Å²) in [4.78, 5) is 28.8. The molecular formula is C22H21ClN2O6. The fourth-order valence-electron chi connectivity index (χ4n) is 2.87. The van der Waals surface area contributed by atoms with Crippen molar-refractivity contribution < 1.29 is 28.2 Å². The van der Waals surface area contributed by atoms with Gasteiger partial charge in [0.1, 0.15) is 0 Å². The lowest BCUT2D eigenvalue weighted by Gasteiger charge is -2.14. The van der Waals surface area contributed by atoms with Gasteiger partial charge in [-0.2, -0.15) is 0 Å². The van der Waals surface area contributed by atoms with Crippen LogP contribution in [0.3, 0.4) is 0 Å². The molecule has 0 aliphatic carbocycles. The van der Waals surface area contributed by atoms with Gasteiger partial charge in [-0.3, -0.25) is 4.79 Å². The molecule has 1 N–H and O–H groups in total. The van der Waals surface area contributed by atoms with Crippen molar-refractivity contribution in [3.8, 4) is 22.8 Å². The Hall–Kier alpha value is -3.52. The Balaban J connectivity index is 1.69. The Morgan fingerprint density at radius 1 is 1.06 bits per heavy atom. The predicted octanol–water partition coefficient (Wildman–Crippen LogP) is 4.37. The molecule has 0 saturated heterocycles. The number of hydrogen-bond acceptors (Lipinski definition) is 7. The van der Waals surface area contributed by atoms with Crippen molar-refractivity contribution >= 4 is 29.2 Å². The third-order valence-electron chi connectivity index (χ3n) is 4.45. The second kappa shape index (κ2) is 9.99. The summed E-state index contributed by atoms with van der Waals surface area (Å²) in [6.45, 7) is 0. The van der Waals surface area contributed by atoms with E-state index < -0.39 is 5.97 Å². The molecule has 1 heterocycles. The number of ether oxygens (including phenoxy) is 3. The van der Waals surface area contributed by atoms with Gasteiger partial charge in [0, 0.05) is 35.6 Å². The lowest BCUT2D eigenvalue weighted by atomic mass is 10.1. The number of carbonyl (C=O) groups is 2. The number of oxazole rings is 1. The third kappa shape index (κ3) is 5.35. The van der Waals surface area contributed by atoms with E-state index >= 15 is 0 Å². The summed E-state index contributed by atoms with van der Waals surface area (Å²) >= 11 is 5.90. The van der Waals surface area contributed by atoms with Gasteiger partial charge in [0.15, 0.2) is 23.1 Å². The molecular weight excluding hydrogens is 424 g/mol. The number of aryl methyl sites for hydroxylation is 1. The first-order valence-corrected chi connectivity index (χ1v) is 9.67. The van der Waals surface area contributed by atoms with Crippen molar-refractivity contribution in [3.63, 3.8) is 0 Å². The predicted molar refractivity (Wildman–Crippen MR) is 115 cm³/mol. The second-order valence-electron chi connectivity index (χ2n) is 6.42. The molecule has 0 atom stereocenters. The number of hydrogen-bond donors (Lipinski definition) is 1. The Kier molecular flexibility index (Phi) is 7.15. The van der Waals surface area contributed by atoms with Crippen LogP contribution in [-0.4, -0.2) is 38.2 Å². The Labute approximate surface area is 184 Å². The molecule has 2 aromatic carbocycles. The number of methoxy groups -OCH3 is 3. The SMILES string of the molecule is COC(=O)c1cc(OC)c(OC)cc1NC(=O)CCc1ncc(-c2ccc(Cl)cc2)o1. The minimum Gasteiger partial charge on any atom is -0.493 e. The maximum absolute atomic E-state index is 12.5. The molecule has 3 rings (SSSR count). The highest BCUT2D eigenvalue weighted by Crippen LogP contribution is 2.34. The van der Waals surface area contributed by atoms with E-state index in [0.29, 0.717) is 28.2 Å². The number of nitrogens with one attached hydrogen (secondary N) is 1. The molecule has 0 radical (unpaired) electrons. The molecule has 162 valence electrons. The number of nitrogens with zero attached hydrogens (tertiary/aromatic N) is 1. The number of aromatic nitrogens is 1. The number of esters is 1. The standard InChI is InChI=1S/C22H21ClN2O6/c1-28-17-10-15(22(27)30-3)16(11-18(17)29-2)25-20(26)8-9-21-24-12-19(31-21)13-4-6-14(23)7-5-13/h4-7,10-12H,8-9H2,1-3H3,(H,25,26). The lowest BCUT2D eigenvalue weighted by Crippen LogP contribution is -2.16. The average Bonchev–Trinajstić information content (AvgIpc) is 3.26. The van der Waals surface area contributed by atoms with Gasteiger partial charge in [0.05, 0.1) is 38.8 Å². The van der Waals surface area contributed by atoms with Crippen molar-refractivity contribution in [2.45, 2.75) is 12.8 Å². The van der Waals surface area contributed by atoms with E-state index in [1.165, 1.54) is 33.5 Å². The van der Waals surface area contributed by atoms with Crippen molar-refractivity contribution in [3.05, 3.63) is 59.1 Å². The minimum absolute atomic E-state index is 0.0928. The van der Waals surface area contributed by atoms with Crippen LogP contribution in [0, 0.1) is 0 Å². The number of halogens is 1. The van der Waals surface area contributed by atoms with Crippen molar-refractivity contribution in [1.82, 2.24) is 4.98 Å². The molecule has 1 aromatic heterocycles. The molecule has 8 nitrogen and oxygen atoms in total. The molecule has 0 fully saturated rings. The van der Waals surface area contributed by atoms with Gasteiger partial charge in [-0.25, -0.2) is 9.78 Å². The van der Waals surface area contributed by atoms with Crippen LogP contribution in [-0.2, 0) is 16.0 Å². The maximum atomic E-state index is 12.5. The lowest BCUT2D eigenvalue weighted by molar-refractivity contribution is -0.116. The number of carbonyl (C=O) groups excluding carboxylic acids is 2. The Morgan fingerprint density at radius 3 is 2.39 bits per heavy atom. The zero-order valence-electron chi connectivity index (χ0n) is 17.2. The van der Waals surface area contributed by atoms with Gasteiger partial charge in [0.25, 0.3) is 0 Å². The van der Waals surface area contributed by atoms with Crippen LogP contribution in [0.2, 0.25) is 5.02 Å². The first-order chi connectivity index (χ1) is 14.9. The smallest absolute Gasteiger partial charge is 0.340 e. The van der Waals surface area contributed by atoms with Gasteiger partial charge in [0.2, 0.25) is 5.91 Å². The summed E-state index contributed by atoms with van der Waals surface area (Å²) in [5.41, 5.74) is 1.24. The second-order valence-corrected chi connectivity index (χ2v) is 6.85. The summed E-state index contributed by atoms with van der Waals surface area (Å²) in [5.74, 6) is 0.766. The van der Waals surface area contributed by atoms with Crippen molar-refractivity contribution in [2.24, 2.45) is 0 Å². The first-order valence-electron chi connectivity index (χ1n) is 9.30. The van der Waals surface area contributed by atoms with Gasteiger partial charge in [-0.1, -0.05) is 11.6 Å². The maximum Gasteiger partial charge on any atom is 0.340 e. The van der Waals surface area contributed by atoms with Crippen LogP contribution in [0.1, 0.15) is 22.7 Å². The third-order valence-corrected chi connectivity index (χ3v) is 4.70. The fraction of sp³-hybridized carbons (Fsp3) is 0.227. The summed E-state index contributed by atoms with van der Waals surface area (Å²) in [6, 6.07) is 10.1. The van der Waals surface area contributed by atoms with E-state index in [2.05, 4.69) is 10.3 Å². The van der Waals surface area contributed by atoms with Gasteiger partial charge in [-0.15, -0.1) is 0 Å². The highest BCUT2D eigenvalue weighted by molar-refractivity contribution is 6.30. The summed E-state index contributed by atoms with van der Waals surface area (Å²) in [5, 5.41) is 3.33. The molecule has 3 aromatic rings. The van der Waals surface area contributed by atoms with Crippen LogP contribution in [0.15, 0.2) is 47.0 Å². The normalized spacial score (nSPS) is 10.5. The number of amides is 1. The Bertz CT molecular complexity index is 1080. The fourth-order valence-corrected chi connectivity index (χ4v) is 2.99. The number of benzene rings is 2. The van der Waals surface area contributed by atoms with E-state index in [1.54, 1.807) is 18.3 Å². The van der Waals surface area contributed by atoms with Crippen LogP contribution in [0.5, 0.6) is 11.5 Å². The number of anilines is 1. The van der Waals surface area contributed by atoms with Crippen LogP contribution in [0.25, 0.3) is 11.3 Å². The van der Waals surface area contributed by atoms with Crippen molar-refractivity contribution in [1.29, 1.82) is 0 Å². The molecule has 0 bridgehead atoms. The largest absolute Gasteiger partial charge is 0.493 e. The van der Waals surface area contributed by atoms with Crippen molar-refractivity contribution in [2.75, 3.05) is 26.6 Å². The number of rotatable bonds is 8. The zero-order chi connectivity index (χ0) is 22.4. The summed E-state index contributed by atoms with van der Waals surface area (Å²) < 4.78 is 21.0. The van der Waals surface area contributed by atoms with Crippen LogP contribution in [0.4, 0.5) is 5.69 Å². The van der Waals surface area contributed by atoms with Gasteiger partial charge < -0.3 is 23.9 Å².